The van der Waals surface area contributed by atoms with E-state index in [9.17, 15) is 9.18 Å². The van der Waals surface area contributed by atoms with Crippen molar-refractivity contribution in [2.45, 2.75) is 19.3 Å². The fourth-order valence-electron chi connectivity index (χ4n) is 3.27. The number of carbonyl (C=O) groups excluding carboxylic acids is 1. The number of benzene rings is 1. The normalized spacial score (nSPS) is 15.2. The molecule has 3 rings (SSSR count). The number of amides is 1. The van der Waals surface area contributed by atoms with E-state index in [-0.39, 0.29) is 42.0 Å². The van der Waals surface area contributed by atoms with E-state index in [0.29, 0.717) is 25.3 Å². The Morgan fingerprint density at radius 3 is 2.61 bits per heavy atom. The smallest absolute Gasteiger partial charge is 0.270 e. The maximum Gasteiger partial charge on any atom is 0.270 e. The number of carbonyl (C=O) groups is 1. The molecule has 5 nitrogen and oxygen atoms in total. The van der Waals surface area contributed by atoms with Crippen molar-refractivity contribution < 1.29 is 13.9 Å². The molecule has 2 aromatic rings. The molecule has 1 aliphatic rings. The first-order chi connectivity index (χ1) is 12.6. The molecular formula is C19H26Cl2FN3O2S. The van der Waals surface area contributed by atoms with Gasteiger partial charge in [-0.15, -0.1) is 36.2 Å². The van der Waals surface area contributed by atoms with Crippen LogP contribution in [0.5, 0.6) is 0 Å². The lowest BCUT2D eigenvalue weighted by molar-refractivity contribution is 0.0511. The maximum atomic E-state index is 13.0. The number of hydrogen-bond acceptors (Lipinski definition) is 5. The Hall–Kier alpha value is -1.25. The van der Waals surface area contributed by atoms with E-state index < -0.39 is 0 Å². The summed E-state index contributed by atoms with van der Waals surface area (Å²) in [6.45, 7) is 3.11. The average Bonchev–Trinajstić information content (AvgIpc) is 3.11. The molecule has 0 spiro atoms. The number of rotatable bonds is 7. The lowest BCUT2D eigenvalue weighted by Crippen LogP contribution is -2.47. The minimum atomic E-state index is -0.254. The van der Waals surface area contributed by atoms with E-state index in [1.165, 1.54) is 23.5 Å². The molecule has 1 aliphatic heterocycles. The summed E-state index contributed by atoms with van der Waals surface area (Å²) in [5, 5.41) is 8.99. The van der Waals surface area contributed by atoms with Crippen molar-refractivity contribution in [3.05, 3.63) is 51.7 Å². The highest BCUT2D eigenvalue weighted by molar-refractivity contribution is 7.09. The molecule has 1 fully saturated rings. The van der Waals surface area contributed by atoms with Crippen LogP contribution in [0.15, 0.2) is 29.6 Å². The molecule has 9 heteroatoms. The number of hydrogen-bond donors (Lipinski definition) is 2. The summed E-state index contributed by atoms with van der Waals surface area (Å²) in [7, 11) is 1.70. The Morgan fingerprint density at radius 1 is 1.29 bits per heavy atom. The monoisotopic (exact) mass is 449 g/mol. The minimum Gasteiger partial charge on any atom is -0.384 e. The molecule has 2 heterocycles. The van der Waals surface area contributed by atoms with Gasteiger partial charge in [-0.25, -0.2) is 9.37 Å². The molecule has 0 atom stereocenters. The van der Waals surface area contributed by atoms with Crippen molar-refractivity contribution in [2.75, 3.05) is 33.4 Å². The molecule has 0 bridgehead atoms. The highest BCUT2D eigenvalue weighted by atomic mass is 35.5. The predicted molar refractivity (Wildman–Crippen MR) is 115 cm³/mol. The highest BCUT2D eigenvalue weighted by Gasteiger charge is 2.32. The summed E-state index contributed by atoms with van der Waals surface area (Å²) < 4.78 is 18.4. The SMILES string of the molecule is COCC1(CNC(=O)c2csc(Cc3ccc(F)cc3)n2)CCNCC1.Cl.Cl. The molecular weight excluding hydrogens is 424 g/mol. The third-order valence-corrected chi connectivity index (χ3v) is 5.64. The van der Waals surface area contributed by atoms with Gasteiger partial charge in [-0.05, 0) is 43.6 Å². The third kappa shape index (κ3) is 6.67. The Morgan fingerprint density at radius 2 is 1.96 bits per heavy atom. The van der Waals surface area contributed by atoms with E-state index in [2.05, 4.69) is 15.6 Å². The van der Waals surface area contributed by atoms with Crippen LogP contribution in [0.3, 0.4) is 0 Å². The largest absolute Gasteiger partial charge is 0.384 e. The van der Waals surface area contributed by atoms with Crippen molar-refractivity contribution >= 4 is 42.1 Å². The quantitative estimate of drug-likeness (QED) is 0.679. The first kappa shape index (κ1) is 24.8. The molecule has 0 radical (unpaired) electrons. The molecule has 0 saturated carbocycles. The first-order valence-electron chi connectivity index (χ1n) is 8.77. The van der Waals surface area contributed by atoms with Gasteiger partial charge in [-0.3, -0.25) is 4.79 Å². The van der Waals surface area contributed by atoms with Crippen molar-refractivity contribution in [3.63, 3.8) is 0 Å². The highest BCUT2D eigenvalue weighted by Crippen LogP contribution is 2.28. The summed E-state index contributed by atoms with van der Waals surface area (Å²) in [4.78, 5) is 16.9. The first-order valence-corrected chi connectivity index (χ1v) is 9.65. The maximum absolute atomic E-state index is 13.0. The van der Waals surface area contributed by atoms with Gasteiger partial charge < -0.3 is 15.4 Å². The topological polar surface area (TPSA) is 63.2 Å². The van der Waals surface area contributed by atoms with E-state index in [0.717, 1.165) is 36.5 Å². The standard InChI is InChI=1S/C19H24FN3O2S.2ClH/c1-25-13-19(6-8-21-9-7-19)12-22-18(24)16-11-26-17(23-16)10-14-2-4-15(20)5-3-14;;/h2-5,11,21H,6-10,12-13H2,1H3,(H,22,24);2*1H. The zero-order valence-electron chi connectivity index (χ0n) is 15.7. The fourth-order valence-corrected chi connectivity index (χ4v) is 4.08. The molecule has 1 saturated heterocycles. The molecule has 0 aliphatic carbocycles. The Bertz CT molecular complexity index is 732. The van der Waals surface area contributed by atoms with E-state index in [1.807, 2.05) is 0 Å². The number of methoxy groups -OCH3 is 1. The van der Waals surface area contributed by atoms with Crippen LogP contribution in [-0.4, -0.2) is 44.2 Å². The summed E-state index contributed by atoms with van der Waals surface area (Å²) in [6.07, 6.45) is 2.56. The van der Waals surface area contributed by atoms with Gasteiger partial charge in [-0.2, -0.15) is 0 Å². The number of piperidine rings is 1. The lowest BCUT2D eigenvalue weighted by Gasteiger charge is -2.37. The van der Waals surface area contributed by atoms with Crippen LogP contribution in [0.4, 0.5) is 4.39 Å². The van der Waals surface area contributed by atoms with Gasteiger partial charge >= 0.3 is 0 Å². The fraction of sp³-hybridized carbons (Fsp3) is 0.474. The van der Waals surface area contributed by atoms with Crippen molar-refractivity contribution in [3.8, 4) is 0 Å². The zero-order chi connectivity index (χ0) is 18.4. The van der Waals surface area contributed by atoms with Crippen LogP contribution >= 0.6 is 36.2 Å². The van der Waals surface area contributed by atoms with Gasteiger partial charge in [0.05, 0.1) is 11.6 Å². The van der Waals surface area contributed by atoms with Crippen molar-refractivity contribution in [1.82, 2.24) is 15.6 Å². The van der Waals surface area contributed by atoms with Crippen LogP contribution in [0, 0.1) is 11.2 Å². The molecule has 2 N–H and O–H groups in total. The van der Waals surface area contributed by atoms with Gasteiger partial charge in [0, 0.05) is 30.9 Å². The number of nitrogens with zero attached hydrogens (tertiary/aromatic N) is 1. The van der Waals surface area contributed by atoms with E-state index >= 15 is 0 Å². The molecule has 28 heavy (non-hydrogen) atoms. The molecule has 1 amide bonds. The third-order valence-electron chi connectivity index (χ3n) is 4.79. The van der Waals surface area contributed by atoms with Crippen LogP contribution in [-0.2, 0) is 11.2 Å². The second kappa shape index (κ2) is 11.7. The van der Waals surface area contributed by atoms with Gasteiger partial charge in [0.15, 0.2) is 0 Å². The van der Waals surface area contributed by atoms with Gasteiger partial charge in [0.25, 0.3) is 5.91 Å². The summed E-state index contributed by atoms with van der Waals surface area (Å²) >= 11 is 1.45. The number of nitrogens with one attached hydrogen (secondary N) is 2. The Labute approximate surface area is 181 Å². The molecule has 1 aromatic heterocycles. The van der Waals surface area contributed by atoms with Crippen LogP contribution in [0.2, 0.25) is 0 Å². The number of halogens is 3. The molecule has 156 valence electrons. The number of thiazole rings is 1. The second-order valence-corrected chi connectivity index (χ2v) is 7.74. The average molecular weight is 450 g/mol. The zero-order valence-corrected chi connectivity index (χ0v) is 18.2. The molecule has 1 aromatic carbocycles. The van der Waals surface area contributed by atoms with Crippen LogP contribution in [0.1, 0.15) is 33.9 Å². The Balaban J connectivity index is 0.00000196. The van der Waals surface area contributed by atoms with Gasteiger partial charge in [-0.1, -0.05) is 12.1 Å². The number of ether oxygens (including phenoxy) is 1. The Kier molecular flexibility index (Phi) is 10.3. The summed E-state index contributed by atoms with van der Waals surface area (Å²) in [5.74, 6) is -0.406. The molecule has 0 unspecified atom stereocenters. The summed E-state index contributed by atoms with van der Waals surface area (Å²) in [6, 6.07) is 6.35. The predicted octanol–water partition coefficient (Wildman–Crippen LogP) is 3.46. The van der Waals surface area contributed by atoms with Crippen LogP contribution in [0.25, 0.3) is 0 Å². The second-order valence-electron chi connectivity index (χ2n) is 6.80. The van der Waals surface area contributed by atoms with Gasteiger partial charge in [0.1, 0.15) is 11.5 Å². The van der Waals surface area contributed by atoms with Gasteiger partial charge in [0.2, 0.25) is 0 Å². The van der Waals surface area contributed by atoms with Crippen LogP contribution < -0.4 is 10.6 Å². The van der Waals surface area contributed by atoms with Crippen molar-refractivity contribution in [2.24, 2.45) is 5.41 Å². The van der Waals surface area contributed by atoms with Crippen molar-refractivity contribution in [1.29, 1.82) is 0 Å². The van der Waals surface area contributed by atoms with E-state index in [1.54, 1.807) is 24.6 Å². The minimum absolute atomic E-state index is 0. The van der Waals surface area contributed by atoms with E-state index in [4.69, 9.17) is 4.74 Å². The lowest BCUT2D eigenvalue weighted by atomic mass is 9.79. The summed E-state index contributed by atoms with van der Waals surface area (Å²) in [5.41, 5.74) is 1.40. The number of aromatic nitrogens is 1.